The molecule has 2 heterocycles. The highest BCUT2D eigenvalue weighted by molar-refractivity contribution is 8.00. The molecule has 1 unspecified atom stereocenters. The van der Waals surface area contributed by atoms with Gasteiger partial charge in [0.25, 0.3) is 5.91 Å². The molecular formula is C28H25ClN4O2S. The Bertz CT molecular complexity index is 1370. The standard InChI is InChI=1S/C28H25ClN4O2S/c1-19-30-14-15-32(19)25-12-4-20(5-13-25)16-31-27(35)22-6-8-23(9-7-22)28-33(26(34)18-36-28)17-21-2-10-24(29)11-3-21/h2-15,28H,16-18H2,1H3,(H,31,35). The van der Waals surface area contributed by atoms with Gasteiger partial charge in [-0.1, -0.05) is 48.0 Å². The Hall–Kier alpha value is -3.55. The fourth-order valence-corrected chi connectivity index (χ4v) is 5.51. The maximum absolute atomic E-state index is 12.7. The van der Waals surface area contributed by atoms with E-state index in [0.717, 1.165) is 28.2 Å². The van der Waals surface area contributed by atoms with Gasteiger partial charge in [-0.15, -0.1) is 11.8 Å². The minimum atomic E-state index is -0.135. The van der Waals surface area contributed by atoms with Crippen molar-refractivity contribution in [2.75, 3.05) is 5.75 Å². The number of hydrogen-bond donors (Lipinski definition) is 1. The summed E-state index contributed by atoms with van der Waals surface area (Å²) in [6.07, 6.45) is 3.70. The fourth-order valence-electron chi connectivity index (χ4n) is 4.20. The van der Waals surface area contributed by atoms with Gasteiger partial charge < -0.3 is 14.8 Å². The van der Waals surface area contributed by atoms with E-state index in [1.807, 2.05) is 95.4 Å². The number of aryl methyl sites for hydroxylation is 1. The summed E-state index contributed by atoms with van der Waals surface area (Å²) in [5.41, 5.74) is 4.67. The van der Waals surface area contributed by atoms with Crippen molar-refractivity contribution < 1.29 is 9.59 Å². The van der Waals surface area contributed by atoms with Crippen LogP contribution in [0.2, 0.25) is 5.02 Å². The molecule has 1 N–H and O–H groups in total. The van der Waals surface area contributed by atoms with Crippen LogP contribution < -0.4 is 5.32 Å². The van der Waals surface area contributed by atoms with Crippen molar-refractivity contribution >= 4 is 35.2 Å². The minimum absolute atomic E-state index is 0.0806. The van der Waals surface area contributed by atoms with Crippen molar-refractivity contribution in [3.8, 4) is 5.69 Å². The summed E-state index contributed by atoms with van der Waals surface area (Å²) < 4.78 is 2.01. The average molecular weight is 517 g/mol. The predicted octanol–water partition coefficient (Wildman–Crippen LogP) is 5.54. The summed E-state index contributed by atoms with van der Waals surface area (Å²) >= 11 is 7.59. The maximum Gasteiger partial charge on any atom is 0.251 e. The number of nitrogens with one attached hydrogen (secondary N) is 1. The van der Waals surface area contributed by atoms with Gasteiger partial charge in [-0.3, -0.25) is 9.59 Å². The SMILES string of the molecule is Cc1nccn1-c1ccc(CNC(=O)c2ccc(C3SCC(=O)N3Cc3ccc(Cl)cc3)cc2)cc1. The molecule has 36 heavy (non-hydrogen) atoms. The van der Waals surface area contributed by atoms with Gasteiger partial charge >= 0.3 is 0 Å². The topological polar surface area (TPSA) is 67.2 Å². The smallest absolute Gasteiger partial charge is 0.251 e. The number of benzene rings is 3. The van der Waals surface area contributed by atoms with Gasteiger partial charge in [-0.2, -0.15) is 0 Å². The summed E-state index contributed by atoms with van der Waals surface area (Å²) in [6.45, 7) is 2.92. The van der Waals surface area contributed by atoms with E-state index in [4.69, 9.17) is 11.6 Å². The van der Waals surface area contributed by atoms with E-state index >= 15 is 0 Å². The second kappa shape index (κ2) is 10.6. The third-order valence-electron chi connectivity index (χ3n) is 6.19. The number of amides is 2. The summed E-state index contributed by atoms with van der Waals surface area (Å²) in [7, 11) is 0. The lowest BCUT2D eigenvalue weighted by atomic mass is 10.1. The monoisotopic (exact) mass is 516 g/mol. The Kier molecular flexibility index (Phi) is 7.11. The quantitative estimate of drug-likeness (QED) is 0.350. The zero-order chi connectivity index (χ0) is 25.1. The van der Waals surface area contributed by atoms with Crippen LogP contribution in [-0.2, 0) is 17.9 Å². The molecule has 0 spiro atoms. The number of nitrogens with zero attached hydrogens (tertiary/aromatic N) is 3. The summed E-state index contributed by atoms with van der Waals surface area (Å²) in [4.78, 5) is 31.4. The van der Waals surface area contributed by atoms with Gasteiger partial charge in [0.2, 0.25) is 5.91 Å². The molecule has 3 aromatic carbocycles. The zero-order valence-electron chi connectivity index (χ0n) is 19.7. The van der Waals surface area contributed by atoms with Gasteiger partial charge in [0.1, 0.15) is 11.2 Å². The highest BCUT2D eigenvalue weighted by Crippen LogP contribution is 2.39. The van der Waals surface area contributed by atoms with Crippen LogP contribution in [0.4, 0.5) is 0 Å². The second-order valence-electron chi connectivity index (χ2n) is 8.63. The highest BCUT2D eigenvalue weighted by Gasteiger charge is 2.32. The van der Waals surface area contributed by atoms with E-state index in [1.165, 1.54) is 0 Å². The van der Waals surface area contributed by atoms with E-state index in [2.05, 4.69) is 10.3 Å². The number of carbonyl (C=O) groups excluding carboxylic acids is 2. The van der Waals surface area contributed by atoms with Crippen molar-refractivity contribution in [1.82, 2.24) is 19.8 Å². The minimum Gasteiger partial charge on any atom is -0.348 e. The molecule has 0 bridgehead atoms. The number of thioether (sulfide) groups is 1. The number of aromatic nitrogens is 2. The van der Waals surface area contributed by atoms with E-state index in [0.29, 0.717) is 29.4 Å². The number of carbonyl (C=O) groups is 2. The Balaban J connectivity index is 1.20. The van der Waals surface area contributed by atoms with E-state index in [1.54, 1.807) is 18.0 Å². The molecule has 0 aliphatic carbocycles. The molecule has 1 aliphatic rings. The maximum atomic E-state index is 12.7. The molecule has 1 fully saturated rings. The molecule has 1 saturated heterocycles. The van der Waals surface area contributed by atoms with Crippen molar-refractivity contribution in [3.05, 3.63) is 118 Å². The molecule has 1 atom stereocenters. The van der Waals surface area contributed by atoms with Crippen LogP contribution >= 0.6 is 23.4 Å². The van der Waals surface area contributed by atoms with Gasteiger partial charge in [0, 0.05) is 41.8 Å². The van der Waals surface area contributed by atoms with Crippen molar-refractivity contribution in [3.63, 3.8) is 0 Å². The first-order valence-electron chi connectivity index (χ1n) is 11.6. The summed E-state index contributed by atoms with van der Waals surface area (Å²) in [5.74, 6) is 1.34. The molecule has 182 valence electrons. The molecule has 6 nitrogen and oxygen atoms in total. The van der Waals surface area contributed by atoms with Gasteiger partial charge in [-0.05, 0) is 60.0 Å². The van der Waals surface area contributed by atoms with Crippen LogP contribution in [0.3, 0.4) is 0 Å². The number of rotatable bonds is 7. The lowest BCUT2D eigenvalue weighted by Crippen LogP contribution is -2.27. The lowest BCUT2D eigenvalue weighted by molar-refractivity contribution is -0.128. The van der Waals surface area contributed by atoms with Crippen molar-refractivity contribution in [1.29, 1.82) is 0 Å². The first-order chi connectivity index (χ1) is 17.5. The molecular weight excluding hydrogens is 492 g/mol. The fraction of sp³-hybridized carbons (Fsp3) is 0.179. The average Bonchev–Trinajstić information content (AvgIpc) is 3.49. The molecule has 8 heteroatoms. The molecule has 1 aromatic heterocycles. The van der Waals surface area contributed by atoms with E-state index in [9.17, 15) is 9.59 Å². The third-order valence-corrected chi connectivity index (χ3v) is 7.69. The van der Waals surface area contributed by atoms with Crippen LogP contribution in [-0.4, -0.2) is 32.0 Å². The highest BCUT2D eigenvalue weighted by atomic mass is 35.5. The Morgan fingerprint density at radius 2 is 1.72 bits per heavy atom. The Morgan fingerprint density at radius 1 is 1.03 bits per heavy atom. The molecule has 5 rings (SSSR count). The molecule has 2 amide bonds. The van der Waals surface area contributed by atoms with E-state index in [-0.39, 0.29) is 17.2 Å². The molecule has 4 aromatic rings. The number of imidazole rings is 1. The number of halogens is 1. The van der Waals surface area contributed by atoms with Crippen LogP contribution in [0.1, 0.15) is 38.2 Å². The first-order valence-corrected chi connectivity index (χ1v) is 13.0. The second-order valence-corrected chi connectivity index (χ2v) is 10.1. The molecule has 0 radical (unpaired) electrons. The van der Waals surface area contributed by atoms with Gasteiger partial charge in [-0.25, -0.2) is 4.98 Å². The predicted molar refractivity (Wildman–Crippen MR) is 143 cm³/mol. The molecule has 1 aliphatic heterocycles. The Labute approximate surface area is 219 Å². The van der Waals surface area contributed by atoms with Crippen LogP contribution in [0.25, 0.3) is 5.69 Å². The summed E-state index contributed by atoms with van der Waals surface area (Å²) in [6, 6.07) is 23.1. The number of hydrogen-bond acceptors (Lipinski definition) is 4. The van der Waals surface area contributed by atoms with Crippen molar-refractivity contribution in [2.45, 2.75) is 25.4 Å². The van der Waals surface area contributed by atoms with Gasteiger partial charge in [0.15, 0.2) is 0 Å². The first kappa shape index (κ1) is 24.2. The molecule has 0 saturated carbocycles. The normalized spacial score (nSPS) is 15.3. The van der Waals surface area contributed by atoms with Crippen LogP contribution in [0, 0.1) is 6.92 Å². The Morgan fingerprint density at radius 3 is 2.39 bits per heavy atom. The van der Waals surface area contributed by atoms with E-state index < -0.39 is 0 Å². The third kappa shape index (κ3) is 5.32. The largest absolute Gasteiger partial charge is 0.348 e. The lowest BCUT2D eigenvalue weighted by Gasteiger charge is -2.24. The van der Waals surface area contributed by atoms with Gasteiger partial charge in [0.05, 0.1) is 5.75 Å². The van der Waals surface area contributed by atoms with Crippen LogP contribution in [0.5, 0.6) is 0 Å². The summed E-state index contributed by atoms with van der Waals surface area (Å²) in [5, 5.41) is 3.58. The van der Waals surface area contributed by atoms with Crippen LogP contribution in [0.15, 0.2) is 85.2 Å². The van der Waals surface area contributed by atoms with Crippen molar-refractivity contribution in [2.24, 2.45) is 0 Å². The zero-order valence-corrected chi connectivity index (χ0v) is 21.3.